The summed E-state index contributed by atoms with van der Waals surface area (Å²) >= 11 is 0. The highest BCUT2D eigenvalue weighted by atomic mass is 16.5. The summed E-state index contributed by atoms with van der Waals surface area (Å²) < 4.78 is 15.2. The Kier molecular flexibility index (Phi) is 10.9. The summed E-state index contributed by atoms with van der Waals surface area (Å²) in [5.41, 5.74) is 4.91. The number of primary amides is 1. The van der Waals surface area contributed by atoms with E-state index in [2.05, 4.69) is 0 Å². The SMILES string of the molecule is NC(=O)CCOCCOCCOCCO. The molecule has 0 aliphatic heterocycles. The zero-order valence-electron chi connectivity index (χ0n) is 8.81. The minimum Gasteiger partial charge on any atom is -0.394 e. The van der Waals surface area contributed by atoms with E-state index in [1.54, 1.807) is 0 Å². The van der Waals surface area contributed by atoms with E-state index >= 15 is 0 Å². The summed E-state index contributed by atoms with van der Waals surface area (Å²) in [4.78, 5) is 10.3. The third-order valence-corrected chi connectivity index (χ3v) is 1.47. The first-order chi connectivity index (χ1) is 7.27. The summed E-state index contributed by atoms with van der Waals surface area (Å²) in [6, 6.07) is 0. The highest BCUT2D eigenvalue weighted by Gasteiger charge is 1.94. The number of carbonyl (C=O) groups excluding carboxylic acids is 1. The van der Waals surface area contributed by atoms with Gasteiger partial charge in [0.1, 0.15) is 0 Å². The normalized spacial score (nSPS) is 10.5. The number of hydrogen-bond acceptors (Lipinski definition) is 5. The van der Waals surface area contributed by atoms with E-state index in [-0.39, 0.29) is 18.9 Å². The highest BCUT2D eigenvalue weighted by molar-refractivity contribution is 5.73. The maximum atomic E-state index is 10.3. The minimum absolute atomic E-state index is 0.0240. The molecule has 6 heteroatoms. The van der Waals surface area contributed by atoms with Gasteiger partial charge in [0.2, 0.25) is 5.91 Å². The van der Waals surface area contributed by atoms with Gasteiger partial charge < -0.3 is 25.1 Å². The average Bonchev–Trinajstić information content (AvgIpc) is 2.20. The second-order valence-corrected chi connectivity index (χ2v) is 2.78. The molecule has 15 heavy (non-hydrogen) atoms. The van der Waals surface area contributed by atoms with Crippen molar-refractivity contribution in [1.82, 2.24) is 0 Å². The Bertz CT molecular complexity index is 153. The van der Waals surface area contributed by atoms with Crippen molar-refractivity contribution in [3.8, 4) is 0 Å². The molecule has 0 spiro atoms. The van der Waals surface area contributed by atoms with Crippen LogP contribution in [0.1, 0.15) is 6.42 Å². The van der Waals surface area contributed by atoms with Gasteiger partial charge in [-0.05, 0) is 0 Å². The van der Waals surface area contributed by atoms with Gasteiger partial charge in [0, 0.05) is 6.42 Å². The summed E-state index contributed by atoms with van der Waals surface area (Å²) in [6.45, 7) is 2.52. The van der Waals surface area contributed by atoms with Gasteiger partial charge in [-0.2, -0.15) is 0 Å². The Labute approximate surface area is 89.3 Å². The van der Waals surface area contributed by atoms with Gasteiger partial charge in [0.15, 0.2) is 0 Å². The lowest BCUT2D eigenvalue weighted by Crippen LogP contribution is -2.15. The van der Waals surface area contributed by atoms with Crippen LogP contribution in [-0.2, 0) is 19.0 Å². The lowest BCUT2D eigenvalue weighted by atomic mass is 10.4. The number of aliphatic hydroxyl groups is 1. The number of nitrogens with two attached hydrogens (primary N) is 1. The largest absolute Gasteiger partial charge is 0.394 e. The Morgan fingerprint density at radius 3 is 1.87 bits per heavy atom. The van der Waals surface area contributed by atoms with Crippen molar-refractivity contribution in [1.29, 1.82) is 0 Å². The molecule has 3 N–H and O–H groups in total. The molecule has 0 heterocycles. The molecule has 0 saturated heterocycles. The highest BCUT2D eigenvalue weighted by Crippen LogP contribution is 1.83. The van der Waals surface area contributed by atoms with Crippen LogP contribution in [0.2, 0.25) is 0 Å². The van der Waals surface area contributed by atoms with E-state index in [0.717, 1.165) is 0 Å². The standard InChI is InChI=1S/C9H19NO5/c10-9(12)1-3-13-5-7-15-8-6-14-4-2-11/h11H,1-8H2,(H2,10,12). The van der Waals surface area contributed by atoms with Crippen molar-refractivity contribution < 1.29 is 24.1 Å². The molecule has 0 atom stereocenters. The first-order valence-electron chi connectivity index (χ1n) is 4.89. The van der Waals surface area contributed by atoms with E-state index < -0.39 is 0 Å². The fraction of sp³-hybridized carbons (Fsp3) is 0.889. The van der Waals surface area contributed by atoms with E-state index in [9.17, 15) is 4.79 Å². The zero-order valence-corrected chi connectivity index (χ0v) is 8.81. The van der Waals surface area contributed by atoms with Crippen molar-refractivity contribution in [3.05, 3.63) is 0 Å². The van der Waals surface area contributed by atoms with Crippen LogP contribution < -0.4 is 5.73 Å². The van der Waals surface area contributed by atoms with Gasteiger partial charge in [-0.1, -0.05) is 0 Å². The van der Waals surface area contributed by atoms with Crippen LogP contribution in [0.25, 0.3) is 0 Å². The van der Waals surface area contributed by atoms with Crippen LogP contribution in [0.5, 0.6) is 0 Å². The minimum atomic E-state index is -0.367. The van der Waals surface area contributed by atoms with Crippen LogP contribution in [0, 0.1) is 0 Å². The molecule has 0 aliphatic carbocycles. The van der Waals surface area contributed by atoms with Crippen LogP contribution >= 0.6 is 0 Å². The number of hydrogen-bond donors (Lipinski definition) is 2. The third kappa shape index (κ3) is 13.3. The molecule has 0 aromatic rings. The first-order valence-corrected chi connectivity index (χ1v) is 4.89. The Hall–Kier alpha value is -0.690. The van der Waals surface area contributed by atoms with Gasteiger partial charge in [-0.15, -0.1) is 0 Å². The molecule has 0 bridgehead atoms. The van der Waals surface area contributed by atoms with Crippen LogP contribution in [0.3, 0.4) is 0 Å². The topological polar surface area (TPSA) is 91.0 Å². The molecule has 0 aromatic heterocycles. The number of ether oxygens (including phenoxy) is 3. The van der Waals surface area contributed by atoms with E-state index in [1.165, 1.54) is 0 Å². The van der Waals surface area contributed by atoms with Crippen LogP contribution in [0.15, 0.2) is 0 Å². The van der Waals surface area contributed by atoms with Gasteiger partial charge in [0.25, 0.3) is 0 Å². The zero-order chi connectivity index (χ0) is 11.4. The smallest absolute Gasteiger partial charge is 0.219 e. The fourth-order valence-corrected chi connectivity index (χ4v) is 0.779. The van der Waals surface area contributed by atoms with E-state index in [0.29, 0.717) is 39.6 Å². The molecular weight excluding hydrogens is 202 g/mol. The average molecular weight is 221 g/mol. The summed E-state index contributed by atoms with van der Waals surface area (Å²) in [6.07, 6.45) is 0.236. The summed E-state index contributed by atoms with van der Waals surface area (Å²) in [5.74, 6) is -0.367. The molecule has 90 valence electrons. The lowest BCUT2D eigenvalue weighted by Gasteiger charge is -2.05. The lowest BCUT2D eigenvalue weighted by molar-refractivity contribution is -0.119. The maximum Gasteiger partial charge on any atom is 0.219 e. The van der Waals surface area contributed by atoms with Gasteiger partial charge in [-0.3, -0.25) is 4.79 Å². The Balaban J connectivity index is 2.89. The molecule has 0 saturated carbocycles. The fourth-order valence-electron chi connectivity index (χ4n) is 0.779. The van der Waals surface area contributed by atoms with Crippen LogP contribution in [-0.4, -0.2) is 57.3 Å². The molecule has 0 aromatic carbocycles. The molecule has 0 radical (unpaired) electrons. The van der Waals surface area contributed by atoms with Crippen molar-refractivity contribution in [3.63, 3.8) is 0 Å². The van der Waals surface area contributed by atoms with Crippen LogP contribution in [0.4, 0.5) is 0 Å². The predicted molar refractivity (Wildman–Crippen MR) is 53.4 cm³/mol. The molecule has 0 aliphatic rings. The van der Waals surface area contributed by atoms with Crippen molar-refractivity contribution in [2.45, 2.75) is 6.42 Å². The number of rotatable bonds is 11. The van der Waals surface area contributed by atoms with E-state index in [1.807, 2.05) is 0 Å². The molecule has 0 fully saturated rings. The molecule has 6 nitrogen and oxygen atoms in total. The van der Waals surface area contributed by atoms with Gasteiger partial charge in [-0.25, -0.2) is 0 Å². The van der Waals surface area contributed by atoms with Crippen molar-refractivity contribution in [2.75, 3.05) is 46.2 Å². The number of amides is 1. The second kappa shape index (κ2) is 11.4. The Morgan fingerprint density at radius 2 is 1.40 bits per heavy atom. The van der Waals surface area contributed by atoms with E-state index in [4.69, 9.17) is 25.1 Å². The second-order valence-electron chi connectivity index (χ2n) is 2.78. The number of carbonyl (C=O) groups is 1. The summed E-state index contributed by atoms with van der Waals surface area (Å²) in [5, 5.41) is 8.39. The van der Waals surface area contributed by atoms with Gasteiger partial charge in [0.05, 0.1) is 46.2 Å². The molecule has 1 amide bonds. The van der Waals surface area contributed by atoms with Crippen molar-refractivity contribution in [2.24, 2.45) is 5.73 Å². The maximum absolute atomic E-state index is 10.3. The summed E-state index contributed by atoms with van der Waals surface area (Å²) in [7, 11) is 0. The Morgan fingerprint density at radius 1 is 0.933 bits per heavy atom. The first kappa shape index (κ1) is 14.3. The monoisotopic (exact) mass is 221 g/mol. The van der Waals surface area contributed by atoms with Crippen molar-refractivity contribution >= 4 is 5.91 Å². The third-order valence-electron chi connectivity index (χ3n) is 1.47. The quantitative estimate of drug-likeness (QED) is 0.432. The molecule has 0 unspecified atom stereocenters. The molecular formula is C9H19NO5. The predicted octanol–water partition coefficient (Wildman–Crippen LogP) is -1.10. The molecule has 0 rings (SSSR count). The van der Waals surface area contributed by atoms with Gasteiger partial charge >= 0.3 is 0 Å². The number of aliphatic hydroxyl groups excluding tert-OH is 1.